The van der Waals surface area contributed by atoms with E-state index in [0.29, 0.717) is 17.5 Å². The maximum Gasteiger partial charge on any atom is 0.164 e. The first-order valence-electron chi connectivity index (χ1n) is 17.4. The summed E-state index contributed by atoms with van der Waals surface area (Å²) in [5, 5.41) is 8.61. The van der Waals surface area contributed by atoms with E-state index in [4.69, 9.17) is 23.8 Å². The van der Waals surface area contributed by atoms with Crippen LogP contribution >= 0.6 is 0 Å². The molecule has 11 rings (SSSR count). The standard InChI is InChI=1S/C47H27N3O2/c1-2-14-29-28(12-1)13-7-17-30(29)31-18-8-20-33-32(31)19-9-21-34(33)45-48-46(37-22-10-26-41-43(37)35-15-3-5-24-39(35)51-41)50-47(49-45)38-23-11-27-42-44(38)36-16-4-6-25-40(36)52-42/h1-27H. The summed E-state index contributed by atoms with van der Waals surface area (Å²) < 4.78 is 12.6. The van der Waals surface area contributed by atoms with Crippen LogP contribution < -0.4 is 0 Å². The molecule has 8 aromatic carbocycles. The van der Waals surface area contributed by atoms with Crippen LogP contribution in [0.3, 0.4) is 0 Å². The van der Waals surface area contributed by atoms with E-state index >= 15 is 0 Å². The highest BCUT2D eigenvalue weighted by molar-refractivity contribution is 6.14. The van der Waals surface area contributed by atoms with Gasteiger partial charge >= 0.3 is 0 Å². The van der Waals surface area contributed by atoms with E-state index in [1.807, 2.05) is 60.7 Å². The minimum atomic E-state index is 0.573. The fourth-order valence-corrected chi connectivity index (χ4v) is 7.86. The van der Waals surface area contributed by atoms with Gasteiger partial charge in [0.1, 0.15) is 22.3 Å². The Labute approximate surface area is 297 Å². The van der Waals surface area contributed by atoms with Crippen LogP contribution in [0.15, 0.2) is 173 Å². The zero-order valence-electron chi connectivity index (χ0n) is 27.7. The fraction of sp³-hybridized carbons (Fsp3) is 0. The van der Waals surface area contributed by atoms with Gasteiger partial charge in [0.15, 0.2) is 17.5 Å². The molecule has 242 valence electrons. The molecule has 11 aromatic rings. The largest absolute Gasteiger partial charge is 0.456 e. The molecule has 52 heavy (non-hydrogen) atoms. The number of nitrogens with zero attached hydrogens (tertiary/aromatic N) is 3. The number of hydrogen-bond donors (Lipinski definition) is 0. The SMILES string of the molecule is c1ccc2c(-c3cccc4c(-c5nc(-c6cccc7oc8ccccc8c67)nc(-c6cccc7oc8ccccc8c67)n5)cccc34)cccc2c1. The van der Waals surface area contributed by atoms with E-state index in [2.05, 4.69) is 103 Å². The lowest BCUT2D eigenvalue weighted by atomic mass is 9.92. The van der Waals surface area contributed by atoms with Gasteiger partial charge in [-0.3, -0.25) is 0 Å². The van der Waals surface area contributed by atoms with Crippen LogP contribution in [0.2, 0.25) is 0 Å². The van der Waals surface area contributed by atoms with Crippen molar-refractivity contribution in [2.24, 2.45) is 0 Å². The molecule has 0 fully saturated rings. The smallest absolute Gasteiger partial charge is 0.164 e. The third-order valence-electron chi connectivity index (χ3n) is 10.2. The first-order valence-corrected chi connectivity index (χ1v) is 17.4. The zero-order valence-corrected chi connectivity index (χ0v) is 27.7. The Bertz CT molecular complexity index is 3070. The quantitative estimate of drug-likeness (QED) is 0.187. The number of para-hydroxylation sites is 2. The van der Waals surface area contributed by atoms with Crippen molar-refractivity contribution in [2.45, 2.75) is 0 Å². The van der Waals surface area contributed by atoms with Crippen LogP contribution in [0.1, 0.15) is 0 Å². The van der Waals surface area contributed by atoms with E-state index in [9.17, 15) is 0 Å². The molecule has 0 aliphatic carbocycles. The monoisotopic (exact) mass is 665 g/mol. The van der Waals surface area contributed by atoms with Gasteiger partial charge in [-0.15, -0.1) is 0 Å². The van der Waals surface area contributed by atoms with Gasteiger partial charge < -0.3 is 8.83 Å². The van der Waals surface area contributed by atoms with Crippen molar-refractivity contribution in [3.63, 3.8) is 0 Å². The maximum absolute atomic E-state index is 6.30. The third kappa shape index (κ3) is 4.33. The summed E-state index contributed by atoms with van der Waals surface area (Å²) in [5.74, 6) is 1.74. The van der Waals surface area contributed by atoms with Gasteiger partial charge in [-0.1, -0.05) is 140 Å². The Hall–Kier alpha value is -7.11. The molecule has 0 aliphatic rings. The Morgan fingerprint density at radius 2 is 0.635 bits per heavy atom. The van der Waals surface area contributed by atoms with Crippen molar-refractivity contribution >= 4 is 65.4 Å². The molecule has 5 heteroatoms. The van der Waals surface area contributed by atoms with Crippen molar-refractivity contribution in [1.82, 2.24) is 15.0 Å². The zero-order chi connectivity index (χ0) is 34.2. The molecular formula is C47H27N3O2. The molecule has 0 aliphatic heterocycles. The second kappa shape index (κ2) is 11.2. The summed E-state index contributed by atoms with van der Waals surface area (Å²) in [6, 6.07) is 56.3. The van der Waals surface area contributed by atoms with E-state index in [1.54, 1.807) is 0 Å². The average molecular weight is 666 g/mol. The van der Waals surface area contributed by atoms with Crippen molar-refractivity contribution in [1.29, 1.82) is 0 Å². The Kier molecular flexibility index (Phi) is 6.18. The van der Waals surface area contributed by atoms with E-state index in [0.717, 1.165) is 76.9 Å². The number of fused-ring (bicyclic) bond motifs is 8. The fourth-order valence-electron chi connectivity index (χ4n) is 7.86. The van der Waals surface area contributed by atoms with Crippen LogP contribution in [0.5, 0.6) is 0 Å². The number of rotatable bonds is 4. The van der Waals surface area contributed by atoms with E-state index in [-0.39, 0.29) is 0 Å². The Balaban J connectivity index is 1.21. The minimum Gasteiger partial charge on any atom is -0.456 e. The number of furan rings is 2. The highest BCUT2D eigenvalue weighted by atomic mass is 16.3. The summed E-state index contributed by atoms with van der Waals surface area (Å²) in [7, 11) is 0. The molecule has 0 atom stereocenters. The van der Waals surface area contributed by atoms with Crippen molar-refractivity contribution in [3.8, 4) is 45.3 Å². The lowest BCUT2D eigenvalue weighted by molar-refractivity contribution is 0.668. The lowest BCUT2D eigenvalue weighted by Gasteiger charge is -2.14. The second-order valence-corrected chi connectivity index (χ2v) is 13.1. The van der Waals surface area contributed by atoms with Crippen molar-refractivity contribution in [2.75, 3.05) is 0 Å². The Morgan fingerprint density at radius 1 is 0.269 bits per heavy atom. The van der Waals surface area contributed by atoms with Crippen molar-refractivity contribution in [3.05, 3.63) is 164 Å². The van der Waals surface area contributed by atoms with Crippen LogP contribution in [0, 0.1) is 0 Å². The maximum atomic E-state index is 6.30. The molecule has 0 N–H and O–H groups in total. The lowest BCUT2D eigenvalue weighted by Crippen LogP contribution is -2.01. The molecule has 5 nitrogen and oxygen atoms in total. The minimum absolute atomic E-state index is 0.573. The van der Waals surface area contributed by atoms with Crippen LogP contribution in [0.4, 0.5) is 0 Å². The summed E-state index contributed by atoms with van der Waals surface area (Å²) >= 11 is 0. The average Bonchev–Trinajstić information content (AvgIpc) is 3.79. The van der Waals surface area contributed by atoms with Gasteiger partial charge in [-0.25, -0.2) is 15.0 Å². The van der Waals surface area contributed by atoms with Gasteiger partial charge in [0.2, 0.25) is 0 Å². The van der Waals surface area contributed by atoms with Gasteiger partial charge in [-0.2, -0.15) is 0 Å². The van der Waals surface area contributed by atoms with Crippen LogP contribution in [0.25, 0.3) is 111 Å². The molecule has 0 spiro atoms. The normalized spacial score (nSPS) is 11.8. The third-order valence-corrected chi connectivity index (χ3v) is 10.2. The molecule has 0 saturated carbocycles. The van der Waals surface area contributed by atoms with Gasteiger partial charge in [0.25, 0.3) is 0 Å². The van der Waals surface area contributed by atoms with Crippen molar-refractivity contribution < 1.29 is 8.83 Å². The predicted octanol–water partition coefficient (Wildman–Crippen LogP) is 12.6. The van der Waals surface area contributed by atoms with E-state index in [1.165, 1.54) is 16.3 Å². The Morgan fingerprint density at radius 3 is 1.25 bits per heavy atom. The highest BCUT2D eigenvalue weighted by Crippen LogP contribution is 2.41. The van der Waals surface area contributed by atoms with Crippen LogP contribution in [-0.4, -0.2) is 15.0 Å². The number of benzene rings is 8. The first-order chi connectivity index (χ1) is 25.8. The molecule has 3 heterocycles. The molecule has 3 aromatic heterocycles. The predicted molar refractivity (Wildman–Crippen MR) is 211 cm³/mol. The topological polar surface area (TPSA) is 65.0 Å². The second-order valence-electron chi connectivity index (χ2n) is 13.1. The summed E-state index contributed by atoms with van der Waals surface area (Å²) in [6.07, 6.45) is 0. The summed E-state index contributed by atoms with van der Waals surface area (Å²) in [4.78, 5) is 15.8. The number of aromatic nitrogens is 3. The van der Waals surface area contributed by atoms with E-state index < -0.39 is 0 Å². The van der Waals surface area contributed by atoms with Crippen LogP contribution in [-0.2, 0) is 0 Å². The van der Waals surface area contributed by atoms with Gasteiger partial charge in [0, 0.05) is 38.2 Å². The molecule has 0 radical (unpaired) electrons. The molecule has 0 unspecified atom stereocenters. The molecule has 0 bridgehead atoms. The molecule has 0 saturated heterocycles. The molecular weight excluding hydrogens is 639 g/mol. The summed E-state index contributed by atoms with van der Waals surface area (Å²) in [6.45, 7) is 0. The number of hydrogen-bond acceptors (Lipinski definition) is 5. The summed E-state index contributed by atoms with van der Waals surface area (Å²) in [5.41, 5.74) is 8.27. The molecule has 0 amide bonds. The highest BCUT2D eigenvalue weighted by Gasteiger charge is 2.21. The van der Waals surface area contributed by atoms with Gasteiger partial charge in [-0.05, 0) is 56.9 Å². The van der Waals surface area contributed by atoms with Gasteiger partial charge in [0.05, 0.1) is 0 Å². The first kappa shape index (κ1) is 28.7.